The highest BCUT2D eigenvalue weighted by atomic mass is 35.5. The summed E-state index contributed by atoms with van der Waals surface area (Å²) < 4.78 is 0. The maximum absolute atomic E-state index is 6.31. The SMILES string of the molecule is CSc1ccccc1-c1ccc(Cl)cc1-c1ccccc1SC. The Labute approximate surface area is 151 Å². The lowest BCUT2D eigenvalue weighted by Gasteiger charge is -2.15. The molecule has 0 saturated carbocycles. The Bertz CT molecular complexity index is 827. The third kappa shape index (κ3) is 3.45. The molecule has 0 aromatic heterocycles. The largest absolute Gasteiger partial charge is 0.129 e. The van der Waals surface area contributed by atoms with E-state index in [1.807, 2.05) is 6.07 Å². The molecule has 23 heavy (non-hydrogen) atoms. The van der Waals surface area contributed by atoms with Gasteiger partial charge >= 0.3 is 0 Å². The van der Waals surface area contributed by atoms with Crippen LogP contribution in [0.15, 0.2) is 76.5 Å². The van der Waals surface area contributed by atoms with Gasteiger partial charge in [0.2, 0.25) is 0 Å². The minimum absolute atomic E-state index is 0.765. The highest BCUT2D eigenvalue weighted by molar-refractivity contribution is 7.99. The van der Waals surface area contributed by atoms with Crippen LogP contribution in [-0.2, 0) is 0 Å². The molecule has 0 fully saturated rings. The van der Waals surface area contributed by atoms with Gasteiger partial charge in [-0.25, -0.2) is 0 Å². The number of rotatable bonds is 4. The molecule has 0 nitrogen and oxygen atoms in total. The highest BCUT2D eigenvalue weighted by Crippen LogP contribution is 2.41. The highest BCUT2D eigenvalue weighted by Gasteiger charge is 2.13. The summed E-state index contributed by atoms with van der Waals surface area (Å²) in [6, 6.07) is 23.2. The molecule has 0 unspecified atom stereocenters. The maximum atomic E-state index is 6.31. The molecule has 3 aromatic rings. The zero-order valence-corrected chi connectivity index (χ0v) is 15.4. The van der Waals surface area contributed by atoms with E-state index < -0.39 is 0 Å². The average molecular weight is 357 g/mol. The van der Waals surface area contributed by atoms with Crippen molar-refractivity contribution in [1.29, 1.82) is 0 Å². The van der Waals surface area contributed by atoms with Crippen LogP contribution in [0.1, 0.15) is 0 Å². The van der Waals surface area contributed by atoms with Gasteiger partial charge in [0.05, 0.1) is 0 Å². The Balaban J connectivity index is 2.28. The van der Waals surface area contributed by atoms with Gasteiger partial charge in [0.15, 0.2) is 0 Å². The summed E-state index contributed by atoms with van der Waals surface area (Å²) >= 11 is 9.84. The van der Waals surface area contributed by atoms with Crippen molar-refractivity contribution in [3.8, 4) is 22.3 Å². The predicted molar refractivity (Wildman–Crippen MR) is 106 cm³/mol. The third-order valence-corrected chi connectivity index (χ3v) is 5.60. The van der Waals surface area contributed by atoms with Gasteiger partial charge in [0.1, 0.15) is 0 Å². The average Bonchev–Trinajstić information content (AvgIpc) is 2.61. The Morgan fingerprint density at radius 1 is 0.609 bits per heavy atom. The molecule has 3 rings (SSSR count). The first-order chi connectivity index (χ1) is 11.2. The summed E-state index contributed by atoms with van der Waals surface area (Å²) in [6.07, 6.45) is 4.23. The minimum Gasteiger partial charge on any atom is -0.129 e. The summed E-state index contributed by atoms with van der Waals surface area (Å²) in [5.41, 5.74) is 4.89. The van der Waals surface area contributed by atoms with Crippen LogP contribution in [0, 0.1) is 0 Å². The molecule has 0 bridgehead atoms. The summed E-state index contributed by atoms with van der Waals surface area (Å²) in [5.74, 6) is 0. The van der Waals surface area contributed by atoms with Crippen LogP contribution >= 0.6 is 35.1 Å². The molecule has 0 saturated heterocycles. The molecule has 0 atom stereocenters. The van der Waals surface area contributed by atoms with E-state index in [9.17, 15) is 0 Å². The molecule has 0 aliphatic heterocycles. The fourth-order valence-electron chi connectivity index (χ4n) is 2.71. The topological polar surface area (TPSA) is 0 Å². The second kappa shape index (κ2) is 7.48. The van der Waals surface area contributed by atoms with Crippen molar-refractivity contribution in [2.75, 3.05) is 12.5 Å². The maximum Gasteiger partial charge on any atom is 0.0412 e. The van der Waals surface area contributed by atoms with Crippen molar-refractivity contribution in [3.63, 3.8) is 0 Å². The van der Waals surface area contributed by atoms with Gasteiger partial charge in [0.25, 0.3) is 0 Å². The first-order valence-electron chi connectivity index (χ1n) is 7.31. The molecule has 0 N–H and O–H groups in total. The van der Waals surface area contributed by atoms with Gasteiger partial charge in [-0.05, 0) is 59.0 Å². The lowest BCUT2D eigenvalue weighted by atomic mass is 9.94. The predicted octanol–water partition coefficient (Wildman–Crippen LogP) is 7.12. The first-order valence-corrected chi connectivity index (χ1v) is 10.1. The van der Waals surface area contributed by atoms with E-state index >= 15 is 0 Å². The van der Waals surface area contributed by atoms with Crippen LogP contribution in [0.4, 0.5) is 0 Å². The summed E-state index contributed by atoms with van der Waals surface area (Å²) in [4.78, 5) is 2.54. The minimum atomic E-state index is 0.765. The van der Waals surface area contributed by atoms with E-state index in [-0.39, 0.29) is 0 Å². The Morgan fingerprint density at radius 3 is 1.70 bits per heavy atom. The number of hydrogen-bond donors (Lipinski definition) is 0. The van der Waals surface area contributed by atoms with Crippen molar-refractivity contribution < 1.29 is 0 Å². The second-order valence-electron chi connectivity index (χ2n) is 5.09. The first kappa shape index (κ1) is 16.5. The number of thioether (sulfide) groups is 2. The standard InChI is InChI=1S/C20H17ClS2/c1-22-19-9-5-3-7-16(19)15-12-11-14(21)13-18(15)17-8-4-6-10-20(17)23-2/h3-13H,1-2H3. The number of benzene rings is 3. The van der Waals surface area contributed by atoms with E-state index in [2.05, 4.69) is 73.2 Å². The molecule has 3 heteroatoms. The quantitative estimate of drug-likeness (QED) is 0.456. The van der Waals surface area contributed by atoms with E-state index in [0.29, 0.717) is 0 Å². The van der Waals surface area contributed by atoms with Crippen molar-refractivity contribution in [2.24, 2.45) is 0 Å². The third-order valence-electron chi connectivity index (χ3n) is 3.78. The van der Waals surface area contributed by atoms with Crippen LogP contribution in [0.25, 0.3) is 22.3 Å². The fraction of sp³-hybridized carbons (Fsp3) is 0.100. The number of halogens is 1. The Hall–Kier alpha value is -1.35. The van der Waals surface area contributed by atoms with Crippen LogP contribution in [0.3, 0.4) is 0 Å². The lowest BCUT2D eigenvalue weighted by Crippen LogP contribution is -1.89. The Kier molecular flexibility index (Phi) is 5.37. The lowest BCUT2D eigenvalue weighted by molar-refractivity contribution is 1.41. The second-order valence-corrected chi connectivity index (χ2v) is 7.22. The van der Waals surface area contributed by atoms with Crippen LogP contribution in [0.5, 0.6) is 0 Å². The van der Waals surface area contributed by atoms with Gasteiger partial charge < -0.3 is 0 Å². The molecule has 0 heterocycles. The molecule has 116 valence electrons. The monoisotopic (exact) mass is 356 g/mol. The molecule has 0 spiro atoms. The molecule has 0 amide bonds. The van der Waals surface area contributed by atoms with E-state index in [1.165, 1.54) is 32.0 Å². The van der Waals surface area contributed by atoms with Gasteiger partial charge in [-0.1, -0.05) is 54.1 Å². The van der Waals surface area contributed by atoms with Crippen LogP contribution in [0.2, 0.25) is 5.02 Å². The fourth-order valence-corrected chi connectivity index (χ4v) is 4.11. The van der Waals surface area contributed by atoms with Gasteiger partial charge in [-0.3, -0.25) is 0 Å². The Morgan fingerprint density at radius 2 is 1.13 bits per heavy atom. The van der Waals surface area contributed by atoms with Gasteiger partial charge in [0, 0.05) is 14.8 Å². The van der Waals surface area contributed by atoms with Crippen molar-refractivity contribution in [3.05, 3.63) is 71.8 Å². The number of hydrogen-bond acceptors (Lipinski definition) is 2. The van der Waals surface area contributed by atoms with E-state index in [1.54, 1.807) is 23.5 Å². The van der Waals surface area contributed by atoms with Crippen LogP contribution in [-0.4, -0.2) is 12.5 Å². The van der Waals surface area contributed by atoms with E-state index in [0.717, 1.165) is 5.02 Å². The molecule has 3 aromatic carbocycles. The summed E-state index contributed by atoms with van der Waals surface area (Å²) in [7, 11) is 0. The molecular weight excluding hydrogens is 340 g/mol. The van der Waals surface area contributed by atoms with E-state index in [4.69, 9.17) is 11.6 Å². The zero-order chi connectivity index (χ0) is 16.2. The van der Waals surface area contributed by atoms with Gasteiger partial charge in [-0.15, -0.1) is 23.5 Å². The molecule has 0 aliphatic carbocycles. The summed E-state index contributed by atoms with van der Waals surface area (Å²) in [6.45, 7) is 0. The van der Waals surface area contributed by atoms with Crippen molar-refractivity contribution >= 4 is 35.1 Å². The van der Waals surface area contributed by atoms with Gasteiger partial charge in [-0.2, -0.15) is 0 Å². The molecule has 0 aliphatic rings. The van der Waals surface area contributed by atoms with Crippen molar-refractivity contribution in [1.82, 2.24) is 0 Å². The molecule has 0 radical (unpaired) electrons. The van der Waals surface area contributed by atoms with Crippen molar-refractivity contribution in [2.45, 2.75) is 9.79 Å². The normalized spacial score (nSPS) is 10.7. The smallest absolute Gasteiger partial charge is 0.0412 e. The zero-order valence-electron chi connectivity index (χ0n) is 13.0. The van der Waals surface area contributed by atoms with Crippen LogP contribution < -0.4 is 0 Å². The molecular formula is C20H17ClS2. The summed E-state index contributed by atoms with van der Waals surface area (Å²) in [5, 5.41) is 0.765.